The third kappa shape index (κ3) is 3.21. The highest BCUT2D eigenvalue weighted by atomic mass is 16.4. The van der Waals surface area contributed by atoms with Gasteiger partial charge in [0.1, 0.15) is 0 Å². The van der Waals surface area contributed by atoms with E-state index in [-0.39, 0.29) is 11.1 Å². The summed E-state index contributed by atoms with van der Waals surface area (Å²) in [4.78, 5) is 28.2. The molecule has 26 heavy (non-hydrogen) atoms. The van der Waals surface area contributed by atoms with E-state index in [1.807, 2.05) is 32.0 Å². The minimum atomic E-state index is -1.06. The minimum absolute atomic E-state index is 0.0893. The standard InChI is InChI=1S/C20H19N3O3/c1-12-8-9-15(10-13(12)2)23-19(24)17(14(3)22-23)11-21-18-7-5-4-6-16(18)20(25)26/h4-11,22H,1-3H3,(H,25,26). The summed E-state index contributed by atoms with van der Waals surface area (Å²) in [7, 11) is 0. The van der Waals surface area contributed by atoms with Crippen molar-refractivity contribution >= 4 is 17.9 Å². The van der Waals surface area contributed by atoms with Gasteiger partial charge >= 0.3 is 5.97 Å². The molecule has 0 atom stereocenters. The number of aryl methyl sites for hydroxylation is 3. The number of carboxylic acid groups (broad SMARTS) is 1. The van der Waals surface area contributed by atoms with E-state index in [1.165, 1.54) is 17.0 Å². The Labute approximate surface area is 150 Å². The predicted octanol–water partition coefficient (Wildman–Crippen LogP) is 3.54. The molecule has 2 N–H and O–H groups in total. The molecule has 1 aromatic heterocycles. The molecule has 132 valence electrons. The van der Waals surface area contributed by atoms with Gasteiger partial charge in [0.25, 0.3) is 5.56 Å². The van der Waals surface area contributed by atoms with Crippen LogP contribution in [0, 0.1) is 20.8 Å². The zero-order valence-corrected chi connectivity index (χ0v) is 14.8. The van der Waals surface area contributed by atoms with Crippen LogP contribution in [0.25, 0.3) is 5.69 Å². The summed E-state index contributed by atoms with van der Waals surface area (Å²) in [6.07, 6.45) is 1.41. The van der Waals surface area contributed by atoms with Crippen LogP contribution in [-0.4, -0.2) is 27.1 Å². The second kappa shape index (κ2) is 6.84. The molecule has 0 unspecified atom stereocenters. The molecule has 3 aromatic rings. The van der Waals surface area contributed by atoms with Crippen LogP contribution in [0.15, 0.2) is 52.3 Å². The van der Waals surface area contributed by atoms with Crippen molar-refractivity contribution in [3.8, 4) is 5.69 Å². The molecule has 0 aliphatic carbocycles. The summed E-state index contributed by atoms with van der Waals surface area (Å²) in [5.74, 6) is -1.06. The van der Waals surface area contributed by atoms with Gasteiger partial charge in [0.15, 0.2) is 0 Å². The number of hydrogen-bond donors (Lipinski definition) is 2. The predicted molar refractivity (Wildman–Crippen MR) is 101 cm³/mol. The maximum Gasteiger partial charge on any atom is 0.337 e. The van der Waals surface area contributed by atoms with Crippen molar-refractivity contribution in [2.45, 2.75) is 20.8 Å². The maximum atomic E-state index is 12.8. The number of rotatable bonds is 4. The van der Waals surface area contributed by atoms with Crippen LogP contribution >= 0.6 is 0 Å². The van der Waals surface area contributed by atoms with Crippen molar-refractivity contribution in [1.82, 2.24) is 9.78 Å². The second-order valence-electron chi connectivity index (χ2n) is 6.14. The van der Waals surface area contributed by atoms with Crippen molar-refractivity contribution in [2.24, 2.45) is 4.99 Å². The van der Waals surface area contributed by atoms with Gasteiger partial charge in [-0.2, -0.15) is 0 Å². The van der Waals surface area contributed by atoms with Gasteiger partial charge in [-0.3, -0.25) is 14.9 Å². The van der Waals surface area contributed by atoms with Crippen molar-refractivity contribution < 1.29 is 9.90 Å². The molecule has 6 heteroatoms. The third-order valence-corrected chi connectivity index (χ3v) is 4.33. The highest BCUT2D eigenvalue weighted by Gasteiger charge is 2.12. The zero-order valence-electron chi connectivity index (χ0n) is 14.8. The summed E-state index contributed by atoms with van der Waals surface area (Å²) in [6.45, 7) is 5.79. The van der Waals surface area contributed by atoms with E-state index in [1.54, 1.807) is 25.1 Å². The Balaban J connectivity index is 2.03. The number of hydrogen-bond acceptors (Lipinski definition) is 3. The smallest absolute Gasteiger partial charge is 0.337 e. The van der Waals surface area contributed by atoms with Crippen LogP contribution in [-0.2, 0) is 0 Å². The third-order valence-electron chi connectivity index (χ3n) is 4.33. The van der Waals surface area contributed by atoms with Crippen molar-refractivity contribution in [3.63, 3.8) is 0 Å². The number of aromatic amines is 1. The van der Waals surface area contributed by atoms with E-state index in [0.29, 0.717) is 16.9 Å². The molecule has 0 spiro atoms. The highest BCUT2D eigenvalue weighted by Crippen LogP contribution is 2.19. The number of nitrogens with zero attached hydrogens (tertiary/aromatic N) is 2. The Bertz CT molecular complexity index is 1070. The quantitative estimate of drug-likeness (QED) is 0.706. The van der Waals surface area contributed by atoms with E-state index >= 15 is 0 Å². The molecule has 6 nitrogen and oxygen atoms in total. The van der Waals surface area contributed by atoms with Crippen LogP contribution in [0.3, 0.4) is 0 Å². The Morgan fingerprint density at radius 1 is 1.12 bits per heavy atom. The number of nitrogens with one attached hydrogen (secondary N) is 1. The SMILES string of the molecule is Cc1ccc(-n2[nH]c(C)c(C=Nc3ccccc3C(=O)O)c2=O)cc1C. The lowest BCUT2D eigenvalue weighted by Crippen LogP contribution is -2.17. The number of benzene rings is 2. The molecule has 0 fully saturated rings. The topological polar surface area (TPSA) is 87.4 Å². The number of carbonyl (C=O) groups is 1. The number of para-hydroxylation sites is 1. The van der Waals surface area contributed by atoms with Crippen molar-refractivity contribution in [3.05, 3.63) is 80.8 Å². The number of aromatic nitrogens is 2. The summed E-state index contributed by atoms with van der Waals surface area (Å²) in [5, 5.41) is 12.3. The fourth-order valence-corrected chi connectivity index (χ4v) is 2.66. The van der Waals surface area contributed by atoms with Gasteiger partial charge < -0.3 is 5.11 Å². The van der Waals surface area contributed by atoms with Gasteiger partial charge in [-0.15, -0.1) is 0 Å². The Morgan fingerprint density at radius 3 is 2.54 bits per heavy atom. The molecule has 0 saturated carbocycles. The average Bonchev–Trinajstić information content (AvgIpc) is 2.90. The number of carboxylic acids is 1. The average molecular weight is 349 g/mol. The summed E-state index contributed by atoms with van der Waals surface area (Å²) >= 11 is 0. The molecular weight excluding hydrogens is 330 g/mol. The van der Waals surface area contributed by atoms with Crippen LogP contribution in [0.2, 0.25) is 0 Å². The van der Waals surface area contributed by atoms with Crippen LogP contribution in [0.1, 0.15) is 32.7 Å². The largest absolute Gasteiger partial charge is 0.478 e. The number of aliphatic imine (C=N–C) groups is 1. The normalized spacial score (nSPS) is 11.2. The molecule has 0 aliphatic heterocycles. The van der Waals surface area contributed by atoms with E-state index in [4.69, 9.17) is 0 Å². The second-order valence-corrected chi connectivity index (χ2v) is 6.14. The Kier molecular flexibility index (Phi) is 4.58. The molecular formula is C20H19N3O3. The lowest BCUT2D eigenvalue weighted by atomic mass is 10.1. The van der Waals surface area contributed by atoms with Gasteiger partial charge in [-0.1, -0.05) is 18.2 Å². The minimum Gasteiger partial charge on any atom is -0.478 e. The van der Waals surface area contributed by atoms with E-state index in [9.17, 15) is 14.7 Å². The molecule has 1 heterocycles. The monoisotopic (exact) mass is 349 g/mol. The van der Waals surface area contributed by atoms with Crippen LogP contribution < -0.4 is 5.56 Å². The van der Waals surface area contributed by atoms with Gasteiger partial charge in [0, 0.05) is 11.9 Å². The first-order valence-corrected chi connectivity index (χ1v) is 8.14. The first kappa shape index (κ1) is 17.4. The lowest BCUT2D eigenvalue weighted by Gasteiger charge is -2.05. The maximum absolute atomic E-state index is 12.8. The number of aromatic carboxylic acids is 1. The zero-order chi connectivity index (χ0) is 18.8. The first-order valence-electron chi connectivity index (χ1n) is 8.14. The first-order chi connectivity index (χ1) is 12.4. The summed E-state index contributed by atoms with van der Waals surface area (Å²) in [5.41, 5.74) is 4.19. The Morgan fingerprint density at radius 2 is 1.85 bits per heavy atom. The van der Waals surface area contributed by atoms with Gasteiger partial charge in [0.05, 0.1) is 22.5 Å². The molecule has 0 amide bonds. The van der Waals surface area contributed by atoms with Gasteiger partial charge in [-0.05, 0) is 56.2 Å². The van der Waals surface area contributed by atoms with E-state index in [0.717, 1.165) is 16.8 Å². The fraction of sp³-hybridized carbons (Fsp3) is 0.150. The molecule has 0 bridgehead atoms. The van der Waals surface area contributed by atoms with E-state index in [2.05, 4.69) is 10.1 Å². The molecule has 0 aliphatic rings. The Hall–Kier alpha value is -3.41. The van der Waals surface area contributed by atoms with Crippen molar-refractivity contribution in [2.75, 3.05) is 0 Å². The van der Waals surface area contributed by atoms with Crippen LogP contribution in [0.5, 0.6) is 0 Å². The molecule has 0 radical (unpaired) electrons. The molecule has 2 aromatic carbocycles. The highest BCUT2D eigenvalue weighted by molar-refractivity contribution is 5.95. The summed E-state index contributed by atoms with van der Waals surface area (Å²) in [6, 6.07) is 12.2. The van der Waals surface area contributed by atoms with E-state index < -0.39 is 5.97 Å². The van der Waals surface area contributed by atoms with Crippen LogP contribution in [0.4, 0.5) is 5.69 Å². The number of H-pyrrole nitrogens is 1. The van der Waals surface area contributed by atoms with Gasteiger partial charge in [-0.25, -0.2) is 9.48 Å². The van der Waals surface area contributed by atoms with Crippen molar-refractivity contribution in [1.29, 1.82) is 0 Å². The molecule has 0 saturated heterocycles. The molecule has 3 rings (SSSR count). The van der Waals surface area contributed by atoms with Gasteiger partial charge in [0.2, 0.25) is 0 Å². The fourth-order valence-electron chi connectivity index (χ4n) is 2.66. The summed E-state index contributed by atoms with van der Waals surface area (Å²) < 4.78 is 1.46. The lowest BCUT2D eigenvalue weighted by molar-refractivity contribution is 0.0698.